The molecule has 0 amide bonds. The predicted molar refractivity (Wildman–Crippen MR) is 297 cm³/mol. The van der Waals surface area contributed by atoms with Crippen LogP contribution in [0.15, 0.2) is 122 Å². The topological polar surface area (TPSA) is 78.9 Å². The molecule has 0 bridgehead atoms. The maximum absolute atomic E-state index is 12.8. The van der Waals surface area contributed by atoms with Crippen molar-refractivity contribution in [1.29, 1.82) is 0 Å². The quantitative estimate of drug-likeness (QED) is 0.0262. The van der Waals surface area contributed by atoms with Crippen LogP contribution in [-0.4, -0.2) is 37.2 Å². The van der Waals surface area contributed by atoms with Crippen LogP contribution in [0.2, 0.25) is 0 Å². The molecule has 0 saturated heterocycles. The maximum atomic E-state index is 12.8. The van der Waals surface area contributed by atoms with E-state index in [-0.39, 0.29) is 37.5 Å². The number of hydrogen-bond donors (Lipinski definition) is 0. The van der Waals surface area contributed by atoms with Gasteiger partial charge in [-0.3, -0.25) is 14.4 Å². The Morgan fingerprint density at radius 3 is 0.957 bits per heavy atom. The first-order chi connectivity index (χ1) is 34.0. The summed E-state index contributed by atoms with van der Waals surface area (Å²) in [5.41, 5.74) is 0. The molecule has 6 nitrogen and oxygen atoms in total. The Hall–Kier alpha value is -4.19. The molecule has 390 valence electrons. The zero-order chi connectivity index (χ0) is 50.0. The molecule has 0 aliphatic heterocycles. The van der Waals surface area contributed by atoms with E-state index in [0.29, 0.717) is 19.3 Å². The minimum Gasteiger partial charge on any atom is -0.462 e. The highest BCUT2D eigenvalue weighted by molar-refractivity contribution is 5.71. The lowest BCUT2D eigenvalue weighted by Gasteiger charge is -2.18. The second kappa shape index (κ2) is 56.4. The summed E-state index contributed by atoms with van der Waals surface area (Å²) in [5, 5.41) is 0. The Morgan fingerprint density at radius 1 is 0.304 bits per heavy atom. The molecule has 0 aliphatic carbocycles. The summed E-state index contributed by atoms with van der Waals surface area (Å²) in [4.78, 5) is 38.1. The van der Waals surface area contributed by atoms with Crippen LogP contribution >= 0.6 is 0 Å². The Morgan fingerprint density at radius 2 is 0.580 bits per heavy atom. The van der Waals surface area contributed by atoms with Crippen molar-refractivity contribution in [3.8, 4) is 0 Å². The minimum atomic E-state index is -0.828. The van der Waals surface area contributed by atoms with Gasteiger partial charge in [0.1, 0.15) is 13.2 Å². The first kappa shape index (κ1) is 64.8. The molecule has 0 heterocycles. The highest BCUT2D eigenvalue weighted by Gasteiger charge is 2.19. The van der Waals surface area contributed by atoms with E-state index in [1.165, 1.54) is 70.6 Å². The van der Waals surface area contributed by atoms with Crippen molar-refractivity contribution in [3.63, 3.8) is 0 Å². The van der Waals surface area contributed by atoms with Gasteiger partial charge in [-0.05, 0) is 122 Å². The molecule has 0 spiro atoms. The zero-order valence-electron chi connectivity index (χ0n) is 44.5. The molecule has 0 fully saturated rings. The van der Waals surface area contributed by atoms with Gasteiger partial charge in [0.05, 0.1) is 0 Å². The van der Waals surface area contributed by atoms with E-state index in [9.17, 15) is 14.4 Å². The van der Waals surface area contributed by atoms with Gasteiger partial charge >= 0.3 is 17.9 Å². The number of esters is 3. The van der Waals surface area contributed by atoms with Crippen molar-refractivity contribution in [3.05, 3.63) is 122 Å². The van der Waals surface area contributed by atoms with Gasteiger partial charge in [-0.25, -0.2) is 0 Å². The summed E-state index contributed by atoms with van der Waals surface area (Å²) in [6, 6.07) is 0. The predicted octanol–water partition coefficient (Wildman–Crippen LogP) is 18.9. The zero-order valence-corrected chi connectivity index (χ0v) is 44.5. The van der Waals surface area contributed by atoms with Gasteiger partial charge in [0.15, 0.2) is 6.10 Å². The van der Waals surface area contributed by atoms with E-state index in [4.69, 9.17) is 14.2 Å². The van der Waals surface area contributed by atoms with Crippen LogP contribution in [0.4, 0.5) is 0 Å². The molecule has 6 heteroatoms. The SMILES string of the molecule is CC/C=C\C/C=C\C/C=C\C/C=C\C/C=C\CCCC(=O)OC(COC(=O)CCCCC/C=C\C/C=C\C/C=C\C/C=C\CC)COC(=O)CCCCCCC/C=C\CCCCCCCCCCC. The van der Waals surface area contributed by atoms with E-state index in [1.807, 2.05) is 0 Å². The minimum absolute atomic E-state index is 0.118. The molecule has 69 heavy (non-hydrogen) atoms. The van der Waals surface area contributed by atoms with Gasteiger partial charge < -0.3 is 14.2 Å². The molecule has 0 aliphatic rings. The third-order valence-corrected chi connectivity index (χ3v) is 11.4. The molecule has 0 aromatic rings. The first-order valence-corrected chi connectivity index (χ1v) is 28.0. The van der Waals surface area contributed by atoms with E-state index < -0.39 is 6.10 Å². The average molecular weight is 956 g/mol. The standard InChI is InChI=1S/C63H102O6/c1-4-7-10-13-16-19-22-25-28-31-33-35-38-41-44-47-50-53-56-62(65)68-59-60(58-67-61(64)55-52-49-46-43-40-37-34-30-27-24-21-18-15-12-9-6-3)69-63(66)57-54-51-48-45-42-39-36-32-29-26-23-20-17-14-11-8-5-2/h8-9,11-12,17-18,20-21,26-27,29-30,33,35-37,39-40,45,48,60H,4-7,10,13-16,19,22-25,28,31-32,34,38,41-44,46-47,49-59H2,1-3H3/b11-8-,12-9-,20-17-,21-18-,29-26-,30-27-,35-33-,39-36-,40-37-,48-45-. The number of hydrogen-bond acceptors (Lipinski definition) is 6. The molecular formula is C63H102O6. The number of rotatable bonds is 49. The summed E-state index contributed by atoms with van der Waals surface area (Å²) < 4.78 is 16.8. The Labute approximate surface area is 424 Å². The van der Waals surface area contributed by atoms with E-state index in [1.54, 1.807) is 0 Å². The van der Waals surface area contributed by atoms with Crippen molar-refractivity contribution >= 4 is 17.9 Å². The monoisotopic (exact) mass is 955 g/mol. The molecule has 0 rings (SSSR count). The molecule has 1 unspecified atom stereocenters. The van der Waals surface area contributed by atoms with Crippen LogP contribution in [0.1, 0.15) is 239 Å². The third kappa shape index (κ3) is 54.6. The van der Waals surface area contributed by atoms with Gasteiger partial charge in [0, 0.05) is 19.3 Å². The molecular weight excluding hydrogens is 853 g/mol. The van der Waals surface area contributed by atoms with Crippen LogP contribution in [0, 0.1) is 0 Å². The number of carbonyl (C=O) groups is 3. The van der Waals surface area contributed by atoms with Gasteiger partial charge in [-0.1, -0.05) is 219 Å². The Balaban J connectivity index is 4.55. The smallest absolute Gasteiger partial charge is 0.306 e. The van der Waals surface area contributed by atoms with Crippen molar-refractivity contribution in [1.82, 2.24) is 0 Å². The summed E-state index contributed by atoms with van der Waals surface area (Å²) >= 11 is 0. The third-order valence-electron chi connectivity index (χ3n) is 11.4. The average Bonchev–Trinajstić information content (AvgIpc) is 3.35. The lowest BCUT2D eigenvalue weighted by Crippen LogP contribution is -2.30. The number of allylic oxidation sites excluding steroid dienone is 20. The molecule has 0 N–H and O–H groups in total. The van der Waals surface area contributed by atoms with Crippen molar-refractivity contribution < 1.29 is 28.6 Å². The van der Waals surface area contributed by atoms with Crippen LogP contribution in [0.25, 0.3) is 0 Å². The van der Waals surface area contributed by atoms with Gasteiger partial charge in [-0.15, -0.1) is 0 Å². The molecule has 0 aromatic carbocycles. The summed E-state index contributed by atoms with van der Waals surface area (Å²) in [6.45, 7) is 6.33. The van der Waals surface area contributed by atoms with Crippen LogP contribution < -0.4 is 0 Å². The number of ether oxygens (including phenoxy) is 3. The van der Waals surface area contributed by atoms with Crippen molar-refractivity contribution in [2.45, 2.75) is 245 Å². The Bertz CT molecular complexity index is 1470. The number of carbonyl (C=O) groups excluding carboxylic acids is 3. The van der Waals surface area contributed by atoms with Gasteiger partial charge in [0.25, 0.3) is 0 Å². The summed E-state index contributed by atoms with van der Waals surface area (Å²) in [6.07, 6.45) is 77.7. The molecule has 1 atom stereocenters. The fourth-order valence-corrected chi connectivity index (χ4v) is 7.29. The fraction of sp³-hybridized carbons (Fsp3) is 0.635. The fourth-order valence-electron chi connectivity index (χ4n) is 7.29. The highest BCUT2D eigenvalue weighted by atomic mass is 16.6. The molecule has 0 aromatic heterocycles. The van der Waals surface area contributed by atoms with Crippen LogP contribution in [-0.2, 0) is 28.6 Å². The normalized spacial score (nSPS) is 13.0. The maximum Gasteiger partial charge on any atom is 0.306 e. The molecule has 0 radical (unpaired) electrons. The first-order valence-electron chi connectivity index (χ1n) is 28.0. The van der Waals surface area contributed by atoms with E-state index in [0.717, 1.165) is 122 Å². The summed E-state index contributed by atoms with van der Waals surface area (Å²) in [7, 11) is 0. The lowest BCUT2D eigenvalue weighted by molar-refractivity contribution is -0.167. The Kier molecular flexibility index (Phi) is 53.0. The van der Waals surface area contributed by atoms with Crippen LogP contribution in [0.5, 0.6) is 0 Å². The summed E-state index contributed by atoms with van der Waals surface area (Å²) in [5.74, 6) is -1.02. The van der Waals surface area contributed by atoms with E-state index in [2.05, 4.69) is 142 Å². The van der Waals surface area contributed by atoms with Gasteiger partial charge in [-0.2, -0.15) is 0 Å². The van der Waals surface area contributed by atoms with E-state index >= 15 is 0 Å². The van der Waals surface area contributed by atoms with Crippen molar-refractivity contribution in [2.24, 2.45) is 0 Å². The second-order valence-electron chi connectivity index (χ2n) is 18.1. The van der Waals surface area contributed by atoms with Crippen molar-refractivity contribution in [2.75, 3.05) is 13.2 Å². The highest BCUT2D eigenvalue weighted by Crippen LogP contribution is 2.13. The largest absolute Gasteiger partial charge is 0.462 e. The lowest BCUT2D eigenvalue weighted by atomic mass is 10.1. The molecule has 0 saturated carbocycles. The second-order valence-corrected chi connectivity index (χ2v) is 18.1. The number of unbranched alkanes of at least 4 members (excludes halogenated alkanes) is 18. The van der Waals surface area contributed by atoms with Crippen LogP contribution in [0.3, 0.4) is 0 Å². The van der Waals surface area contributed by atoms with Gasteiger partial charge in [0.2, 0.25) is 0 Å².